The number of carbonyl (C=O) groups excluding carboxylic acids is 1. The van der Waals surface area contributed by atoms with Gasteiger partial charge in [-0.05, 0) is 25.0 Å². The number of pyridine rings is 1. The van der Waals surface area contributed by atoms with Gasteiger partial charge in [0.05, 0.1) is 30.0 Å². The third kappa shape index (κ3) is 3.68. The number of imidazole rings is 1. The SMILES string of the molecule is O=C1CC[C@H](Nc2cc3c(cn2)nc(Nc2ccccc2F)n3[C@H]2CCOC2)CN1. The van der Waals surface area contributed by atoms with Crippen LogP contribution in [0.5, 0.6) is 0 Å². The van der Waals surface area contributed by atoms with Gasteiger partial charge in [0.2, 0.25) is 11.9 Å². The van der Waals surface area contributed by atoms with Gasteiger partial charge in [-0.1, -0.05) is 12.1 Å². The molecular formula is C21H23FN6O2. The molecule has 5 rings (SSSR count). The number of ether oxygens (including phenoxy) is 1. The Labute approximate surface area is 172 Å². The minimum atomic E-state index is -0.335. The first-order chi connectivity index (χ1) is 14.7. The number of nitrogens with zero attached hydrogens (tertiary/aromatic N) is 3. The number of rotatable bonds is 5. The summed E-state index contributed by atoms with van der Waals surface area (Å²) in [5.74, 6) is 1.04. The maximum atomic E-state index is 14.2. The molecule has 1 amide bonds. The van der Waals surface area contributed by atoms with E-state index in [0.717, 1.165) is 29.7 Å². The van der Waals surface area contributed by atoms with Crippen LogP contribution >= 0.6 is 0 Å². The number of carbonyl (C=O) groups is 1. The van der Waals surface area contributed by atoms with Crippen LogP contribution in [0, 0.1) is 5.82 Å². The summed E-state index contributed by atoms with van der Waals surface area (Å²) >= 11 is 0. The maximum absolute atomic E-state index is 14.2. The van der Waals surface area contributed by atoms with Gasteiger partial charge in [0, 0.05) is 31.7 Å². The van der Waals surface area contributed by atoms with Crippen molar-refractivity contribution in [2.24, 2.45) is 0 Å². The van der Waals surface area contributed by atoms with Gasteiger partial charge in [-0.15, -0.1) is 0 Å². The topological polar surface area (TPSA) is 93.1 Å². The van der Waals surface area contributed by atoms with Crippen molar-refractivity contribution in [2.45, 2.75) is 31.3 Å². The van der Waals surface area contributed by atoms with Crippen LogP contribution in [-0.2, 0) is 9.53 Å². The first kappa shape index (κ1) is 18.8. The molecule has 0 spiro atoms. The molecule has 156 valence electrons. The fourth-order valence-corrected chi connectivity index (χ4v) is 4.01. The average Bonchev–Trinajstić information content (AvgIpc) is 3.38. The number of fused-ring (bicyclic) bond motifs is 1. The molecule has 0 radical (unpaired) electrons. The van der Waals surface area contributed by atoms with Crippen LogP contribution in [0.4, 0.5) is 21.8 Å². The first-order valence-electron chi connectivity index (χ1n) is 10.2. The fraction of sp³-hybridized carbons (Fsp3) is 0.381. The van der Waals surface area contributed by atoms with Gasteiger partial charge in [-0.25, -0.2) is 14.4 Å². The van der Waals surface area contributed by atoms with Gasteiger partial charge in [0.15, 0.2) is 0 Å². The lowest BCUT2D eigenvalue weighted by Crippen LogP contribution is -2.42. The number of halogens is 1. The van der Waals surface area contributed by atoms with E-state index in [9.17, 15) is 9.18 Å². The van der Waals surface area contributed by atoms with E-state index in [0.29, 0.717) is 37.8 Å². The highest BCUT2D eigenvalue weighted by Crippen LogP contribution is 2.32. The molecule has 1 aromatic carbocycles. The van der Waals surface area contributed by atoms with Crippen molar-refractivity contribution >= 4 is 34.4 Å². The summed E-state index contributed by atoms with van der Waals surface area (Å²) in [6, 6.07) is 8.74. The highest BCUT2D eigenvalue weighted by atomic mass is 19.1. The van der Waals surface area contributed by atoms with Crippen LogP contribution in [0.25, 0.3) is 11.0 Å². The molecular weight excluding hydrogens is 387 g/mol. The summed E-state index contributed by atoms with van der Waals surface area (Å²) in [7, 11) is 0. The predicted molar refractivity (Wildman–Crippen MR) is 111 cm³/mol. The Balaban J connectivity index is 1.49. The van der Waals surface area contributed by atoms with E-state index in [4.69, 9.17) is 4.74 Å². The molecule has 2 atom stereocenters. The number of anilines is 3. The number of hydrogen-bond acceptors (Lipinski definition) is 6. The van der Waals surface area contributed by atoms with E-state index < -0.39 is 0 Å². The van der Waals surface area contributed by atoms with E-state index in [2.05, 4.69) is 30.5 Å². The monoisotopic (exact) mass is 410 g/mol. The quantitative estimate of drug-likeness (QED) is 0.599. The second-order valence-electron chi connectivity index (χ2n) is 7.67. The molecule has 0 bridgehead atoms. The smallest absolute Gasteiger partial charge is 0.220 e. The molecule has 2 saturated heterocycles. The zero-order valence-electron chi connectivity index (χ0n) is 16.4. The van der Waals surface area contributed by atoms with Gasteiger partial charge >= 0.3 is 0 Å². The zero-order chi connectivity index (χ0) is 20.5. The Morgan fingerprint density at radius 2 is 2.17 bits per heavy atom. The number of para-hydroxylation sites is 1. The van der Waals surface area contributed by atoms with Crippen molar-refractivity contribution < 1.29 is 13.9 Å². The van der Waals surface area contributed by atoms with Crippen molar-refractivity contribution in [1.82, 2.24) is 19.9 Å². The molecule has 3 N–H and O–H groups in total. The Kier molecular flexibility index (Phi) is 4.96. The Bertz CT molecular complexity index is 1070. The molecule has 2 aliphatic rings. The van der Waals surface area contributed by atoms with E-state index >= 15 is 0 Å². The van der Waals surface area contributed by atoms with Gasteiger partial charge in [-0.2, -0.15) is 0 Å². The van der Waals surface area contributed by atoms with Crippen molar-refractivity contribution in [1.29, 1.82) is 0 Å². The molecule has 2 aromatic heterocycles. The summed E-state index contributed by atoms with van der Waals surface area (Å²) in [5.41, 5.74) is 2.00. The molecule has 2 aliphatic heterocycles. The van der Waals surface area contributed by atoms with Gasteiger partial charge < -0.3 is 25.3 Å². The molecule has 3 aromatic rings. The number of hydrogen-bond donors (Lipinski definition) is 3. The van der Waals surface area contributed by atoms with Crippen LogP contribution in [0.3, 0.4) is 0 Å². The summed E-state index contributed by atoms with van der Waals surface area (Å²) in [5, 5.41) is 9.41. The van der Waals surface area contributed by atoms with Crippen LogP contribution in [0.2, 0.25) is 0 Å². The van der Waals surface area contributed by atoms with Gasteiger partial charge in [0.25, 0.3) is 0 Å². The second-order valence-corrected chi connectivity index (χ2v) is 7.67. The van der Waals surface area contributed by atoms with Crippen molar-refractivity contribution in [2.75, 3.05) is 30.4 Å². The minimum absolute atomic E-state index is 0.0830. The van der Waals surface area contributed by atoms with E-state index in [1.54, 1.807) is 24.4 Å². The molecule has 0 aliphatic carbocycles. The van der Waals surface area contributed by atoms with Crippen LogP contribution in [0.15, 0.2) is 36.5 Å². The summed E-state index contributed by atoms with van der Waals surface area (Å²) in [6.45, 7) is 1.84. The van der Waals surface area contributed by atoms with Crippen LogP contribution < -0.4 is 16.0 Å². The van der Waals surface area contributed by atoms with Crippen molar-refractivity contribution in [3.8, 4) is 0 Å². The first-order valence-corrected chi connectivity index (χ1v) is 10.2. The molecule has 4 heterocycles. The van der Waals surface area contributed by atoms with Gasteiger partial charge in [0.1, 0.15) is 17.2 Å². The number of piperidine rings is 1. The second kappa shape index (κ2) is 7.91. The third-order valence-corrected chi connectivity index (χ3v) is 5.58. The highest BCUT2D eigenvalue weighted by molar-refractivity contribution is 5.82. The standard InChI is InChI=1S/C21H23FN6O2/c22-15-3-1-2-4-16(15)26-21-27-17-11-23-19(25-13-5-6-20(29)24-10-13)9-18(17)28(21)14-7-8-30-12-14/h1-4,9,11,13-14H,5-8,10,12H2,(H,23,25)(H,24,29)(H,26,27)/t13-,14-/m0/s1. The summed E-state index contributed by atoms with van der Waals surface area (Å²) in [6.07, 6.45) is 3.85. The lowest BCUT2D eigenvalue weighted by atomic mass is 10.1. The Hall–Kier alpha value is -3.20. The Morgan fingerprint density at radius 3 is 2.93 bits per heavy atom. The van der Waals surface area contributed by atoms with Crippen LogP contribution in [0.1, 0.15) is 25.3 Å². The minimum Gasteiger partial charge on any atom is -0.379 e. The van der Waals surface area contributed by atoms with Crippen LogP contribution in [-0.4, -0.2) is 46.2 Å². The molecule has 8 nitrogen and oxygen atoms in total. The largest absolute Gasteiger partial charge is 0.379 e. The highest BCUT2D eigenvalue weighted by Gasteiger charge is 2.25. The van der Waals surface area contributed by atoms with E-state index in [1.807, 2.05) is 6.07 Å². The Morgan fingerprint density at radius 1 is 1.27 bits per heavy atom. The number of aromatic nitrogens is 3. The summed E-state index contributed by atoms with van der Waals surface area (Å²) in [4.78, 5) is 20.6. The third-order valence-electron chi connectivity index (χ3n) is 5.58. The van der Waals surface area contributed by atoms with Gasteiger partial charge in [-0.3, -0.25) is 4.79 Å². The molecule has 30 heavy (non-hydrogen) atoms. The number of nitrogens with one attached hydrogen (secondary N) is 3. The van der Waals surface area contributed by atoms with Crippen molar-refractivity contribution in [3.05, 3.63) is 42.3 Å². The normalized spacial score (nSPS) is 21.6. The van der Waals surface area contributed by atoms with Crippen molar-refractivity contribution in [3.63, 3.8) is 0 Å². The zero-order valence-corrected chi connectivity index (χ0v) is 16.4. The average molecular weight is 410 g/mol. The maximum Gasteiger partial charge on any atom is 0.220 e. The number of amides is 1. The summed E-state index contributed by atoms with van der Waals surface area (Å²) < 4.78 is 21.9. The molecule has 2 fully saturated rings. The van der Waals surface area contributed by atoms with E-state index in [-0.39, 0.29) is 23.8 Å². The van der Waals surface area contributed by atoms with E-state index in [1.165, 1.54) is 6.07 Å². The molecule has 0 saturated carbocycles. The number of benzene rings is 1. The lowest BCUT2D eigenvalue weighted by Gasteiger charge is -2.24. The lowest BCUT2D eigenvalue weighted by molar-refractivity contribution is -0.122. The fourth-order valence-electron chi connectivity index (χ4n) is 4.01. The predicted octanol–water partition coefficient (Wildman–Crippen LogP) is 2.97. The molecule has 9 heteroatoms. The molecule has 0 unspecified atom stereocenters.